The lowest BCUT2D eigenvalue weighted by Gasteiger charge is -2.06. The standard InChI is InChI=1S/C12H11ClN2O/c1-16-11-5-6-12(14-8-11)15-10-4-2-3-9(13)7-10/h2-8H,1H3,(H,14,15). The fourth-order valence-electron chi connectivity index (χ4n) is 1.29. The molecule has 0 fully saturated rings. The van der Waals surface area contributed by atoms with Crippen molar-refractivity contribution in [3.8, 4) is 5.75 Å². The third-order valence-corrected chi connectivity index (χ3v) is 2.30. The molecule has 0 unspecified atom stereocenters. The molecule has 0 spiro atoms. The van der Waals surface area contributed by atoms with Gasteiger partial charge in [0.15, 0.2) is 0 Å². The number of aromatic nitrogens is 1. The van der Waals surface area contributed by atoms with Gasteiger partial charge in [-0.05, 0) is 30.3 Å². The molecule has 0 saturated carbocycles. The van der Waals surface area contributed by atoms with Gasteiger partial charge in [-0.25, -0.2) is 4.98 Å². The van der Waals surface area contributed by atoms with Crippen molar-refractivity contribution < 1.29 is 4.74 Å². The molecule has 1 N–H and O–H groups in total. The molecule has 0 radical (unpaired) electrons. The Balaban J connectivity index is 2.14. The van der Waals surface area contributed by atoms with Gasteiger partial charge in [-0.2, -0.15) is 0 Å². The summed E-state index contributed by atoms with van der Waals surface area (Å²) in [5.74, 6) is 1.49. The van der Waals surface area contributed by atoms with Crippen molar-refractivity contribution in [1.82, 2.24) is 4.98 Å². The fraction of sp³-hybridized carbons (Fsp3) is 0.0833. The van der Waals surface area contributed by atoms with Crippen LogP contribution < -0.4 is 10.1 Å². The Morgan fingerprint density at radius 3 is 2.75 bits per heavy atom. The molecule has 0 saturated heterocycles. The smallest absolute Gasteiger partial charge is 0.137 e. The monoisotopic (exact) mass is 234 g/mol. The highest BCUT2D eigenvalue weighted by molar-refractivity contribution is 6.30. The van der Waals surface area contributed by atoms with Crippen LogP contribution in [0, 0.1) is 0 Å². The van der Waals surface area contributed by atoms with Crippen LogP contribution in [0.3, 0.4) is 0 Å². The molecule has 0 aliphatic rings. The Morgan fingerprint density at radius 2 is 2.12 bits per heavy atom. The first kappa shape index (κ1) is 10.8. The number of pyridine rings is 1. The molecule has 4 heteroatoms. The molecular weight excluding hydrogens is 224 g/mol. The van der Waals surface area contributed by atoms with Gasteiger partial charge in [0.05, 0.1) is 13.3 Å². The Kier molecular flexibility index (Phi) is 3.27. The van der Waals surface area contributed by atoms with Crippen LogP contribution in [0.2, 0.25) is 5.02 Å². The van der Waals surface area contributed by atoms with Crippen LogP contribution in [0.5, 0.6) is 5.75 Å². The van der Waals surface area contributed by atoms with E-state index in [0.29, 0.717) is 5.02 Å². The molecule has 82 valence electrons. The Bertz CT molecular complexity index is 471. The maximum Gasteiger partial charge on any atom is 0.137 e. The van der Waals surface area contributed by atoms with Gasteiger partial charge in [0.25, 0.3) is 0 Å². The lowest BCUT2D eigenvalue weighted by molar-refractivity contribution is 0.413. The summed E-state index contributed by atoms with van der Waals surface area (Å²) in [5.41, 5.74) is 0.908. The SMILES string of the molecule is COc1ccc(Nc2cccc(Cl)c2)nc1. The highest BCUT2D eigenvalue weighted by Crippen LogP contribution is 2.19. The van der Waals surface area contributed by atoms with Gasteiger partial charge in [-0.15, -0.1) is 0 Å². The van der Waals surface area contributed by atoms with Crippen molar-refractivity contribution >= 4 is 23.1 Å². The zero-order valence-electron chi connectivity index (χ0n) is 8.77. The predicted octanol–water partition coefficient (Wildman–Crippen LogP) is 3.49. The van der Waals surface area contributed by atoms with Crippen molar-refractivity contribution in [3.63, 3.8) is 0 Å². The zero-order chi connectivity index (χ0) is 11.4. The van der Waals surface area contributed by atoms with Gasteiger partial charge < -0.3 is 10.1 Å². The third-order valence-electron chi connectivity index (χ3n) is 2.07. The van der Waals surface area contributed by atoms with Crippen LogP contribution in [0.1, 0.15) is 0 Å². The number of nitrogens with one attached hydrogen (secondary N) is 1. The molecule has 0 bridgehead atoms. The molecule has 0 amide bonds. The van der Waals surface area contributed by atoms with Crippen molar-refractivity contribution in [2.24, 2.45) is 0 Å². The number of nitrogens with zero attached hydrogens (tertiary/aromatic N) is 1. The van der Waals surface area contributed by atoms with Gasteiger partial charge in [-0.3, -0.25) is 0 Å². The van der Waals surface area contributed by atoms with Gasteiger partial charge in [-0.1, -0.05) is 17.7 Å². The number of anilines is 2. The molecule has 16 heavy (non-hydrogen) atoms. The second-order valence-electron chi connectivity index (χ2n) is 3.22. The van der Waals surface area contributed by atoms with E-state index in [-0.39, 0.29) is 0 Å². The minimum atomic E-state index is 0.693. The first-order chi connectivity index (χ1) is 7.78. The number of halogens is 1. The lowest BCUT2D eigenvalue weighted by Crippen LogP contribution is -1.93. The molecule has 3 nitrogen and oxygen atoms in total. The minimum absolute atomic E-state index is 0.693. The summed E-state index contributed by atoms with van der Waals surface area (Å²) in [5, 5.41) is 3.84. The highest BCUT2D eigenvalue weighted by atomic mass is 35.5. The second kappa shape index (κ2) is 4.86. The summed E-state index contributed by atoms with van der Waals surface area (Å²) in [7, 11) is 1.61. The Labute approximate surface area is 99.0 Å². The Morgan fingerprint density at radius 1 is 1.25 bits per heavy atom. The lowest BCUT2D eigenvalue weighted by atomic mass is 10.3. The molecule has 0 atom stereocenters. The Hall–Kier alpha value is -1.74. The number of methoxy groups -OCH3 is 1. The van der Waals surface area contributed by atoms with Crippen LogP contribution in [0.4, 0.5) is 11.5 Å². The number of ether oxygens (including phenoxy) is 1. The molecule has 2 rings (SSSR count). The quantitative estimate of drug-likeness (QED) is 0.883. The topological polar surface area (TPSA) is 34.1 Å². The van der Waals surface area contributed by atoms with Crippen LogP contribution >= 0.6 is 11.6 Å². The van der Waals surface area contributed by atoms with E-state index in [1.165, 1.54) is 0 Å². The molecule has 1 heterocycles. The number of hydrogen-bond donors (Lipinski definition) is 1. The first-order valence-electron chi connectivity index (χ1n) is 4.80. The third kappa shape index (κ3) is 2.64. The molecular formula is C12H11ClN2O. The summed E-state index contributed by atoms with van der Waals surface area (Å²) in [4.78, 5) is 4.20. The highest BCUT2D eigenvalue weighted by Gasteiger charge is 1.97. The molecule has 1 aromatic heterocycles. The van der Waals surface area contributed by atoms with Crippen molar-refractivity contribution in [2.75, 3.05) is 12.4 Å². The predicted molar refractivity (Wildman–Crippen MR) is 65.5 cm³/mol. The van der Waals surface area contributed by atoms with E-state index in [4.69, 9.17) is 16.3 Å². The molecule has 2 aromatic rings. The van der Waals surface area contributed by atoms with E-state index in [0.717, 1.165) is 17.3 Å². The number of benzene rings is 1. The van der Waals surface area contributed by atoms with Gasteiger partial charge in [0.2, 0.25) is 0 Å². The molecule has 0 aliphatic heterocycles. The summed E-state index contributed by atoms with van der Waals surface area (Å²) in [6.07, 6.45) is 1.66. The van der Waals surface area contributed by atoms with E-state index in [9.17, 15) is 0 Å². The second-order valence-corrected chi connectivity index (χ2v) is 3.66. The van der Waals surface area contributed by atoms with E-state index >= 15 is 0 Å². The molecule has 0 aliphatic carbocycles. The van der Waals surface area contributed by atoms with E-state index in [1.807, 2.05) is 36.4 Å². The maximum atomic E-state index is 5.88. The summed E-state index contributed by atoms with van der Waals surface area (Å²) in [6, 6.07) is 11.2. The van der Waals surface area contributed by atoms with Crippen LogP contribution in [-0.4, -0.2) is 12.1 Å². The minimum Gasteiger partial charge on any atom is -0.495 e. The zero-order valence-corrected chi connectivity index (χ0v) is 9.53. The van der Waals surface area contributed by atoms with E-state index in [2.05, 4.69) is 10.3 Å². The van der Waals surface area contributed by atoms with Crippen molar-refractivity contribution in [1.29, 1.82) is 0 Å². The number of rotatable bonds is 3. The van der Waals surface area contributed by atoms with Gasteiger partial charge in [0, 0.05) is 10.7 Å². The van der Waals surface area contributed by atoms with Crippen molar-refractivity contribution in [2.45, 2.75) is 0 Å². The summed E-state index contributed by atoms with van der Waals surface area (Å²) in [6.45, 7) is 0. The van der Waals surface area contributed by atoms with E-state index in [1.54, 1.807) is 13.3 Å². The van der Waals surface area contributed by atoms with Crippen LogP contribution in [0.25, 0.3) is 0 Å². The van der Waals surface area contributed by atoms with Crippen LogP contribution in [-0.2, 0) is 0 Å². The normalized spacial score (nSPS) is 9.88. The largest absolute Gasteiger partial charge is 0.495 e. The van der Waals surface area contributed by atoms with Gasteiger partial charge >= 0.3 is 0 Å². The number of hydrogen-bond acceptors (Lipinski definition) is 3. The fourth-order valence-corrected chi connectivity index (χ4v) is 1.48. The van der Waals surface area contributed by atoms with Gasteiger partial charge in [0.1, 0.15) is 11.6 Å². The van der Waals surface area contributed by atoms with Crippen molar-refractivity contribution in [3.05, 3.63) is 47.6 Å². The average Bonchev–Trinajstić information content (AvgIpc) is 2.30. The van der Waals surface area contributed by atoms with E-state index < -0.39 is 0 Å². The first-order valence-corrected chi connectivity index (χ1v) is 5.18. The maximum absolute atomic E-state index is 5.88. The summed E-state index contributed by atoms with van der Waals surface area (Å²) < 4.78 is 5.03. The summed E-state index contributed by atoms with van der Waals surface area (Å²) >= 11 is 5.88. The molecule has 1 aromatic carbocycles. The van der Waals surface area contributed by atoms with Crippen LogP contribution in [0.15, 0.2) is 42.6 Å². The average molecular weight is 235 g/mol.